The number of likely N-dealkylation sites (tertiary alicyclic amines) is 1. The van der Waals surface area contributed by atoms with Crippen LogP contribution in [0.1, 0.15) is 24.8 Å². The molecule has 2 aromatic rings. The van der Waals surface area contributed by atoms with E-state index in [9.17, 15) is 4.39 Å². The molecule has 27 heavy (non-hydrogen) atoms. The Hall–Kier alpha value is -1.33. The third-order valence-corrected chi connectivity index (χ3v) is 4.73. The van der Waals surface area contributed by atoms with Crippen LogP contribution in [0.3, 0.4) is 0 Å². The molecule has 1 fully saturated rings. The van der Waals surface area contributed by atoms with E-state index in [1.165, 1.54) is 30.5 Å². The van der Waals surface area contributed by atoms with Crippen LogP contribution < -0.4 is 10.1 Å². The highest BCUT2D eigenvalue weighted by Crippen LogP contribution is 2.13. The van der Waals surface area contributed by atoms with Crippen molar-refractivity contribution in [2.24, 2.45) is 0 Å². The number of hydrogen-bond acceptors (Lipinski definition) is 3. The predicted octanol–water partition coefficient (Wildman–Crippen LogP) is 4.69. The number of halogens is 3. The van der Waals surface area contributed by atoms with Crippen molar-refractivity contribution in [2.45, 2.75) is 31.8 Å². The fraction of sp³-hybridized carbons (Fsp3) is 0.429. The number of piperidine rings is 1. The van der Waals surface area contributed by atoms with E-state index in [2.05, 4.69) is 40.5 Å². The molecule has 1 saturated heterocycles. The molecule has 1 aliphatic rings. The van der Waals surface area contributed by atoms with Crippen molar-refractivity contribution in [3.8, 4) is 5.75 Å². The average molecular weight is 415 g/mol. The van der Waals surface area contributed by atoms with Crippen molar-refractivity contribution < 1.29 is 9.13 Å². The Morgan fingerprint density at radius 1 is 0.963 bits per heavy atom. The van der Waals surface area contributed by atoms with Crippen molar-refractivity contribution in [3.05, 3.63) is 66.0 Å². The van der Waals surface area contributed by atoms with Gasteiger partial charge in [0.2, 0.25) is 0 Å². The summed E-state index contributed by atoms with van der Waals surface area (Å²) >= 11 is 0. The van der Waals surface area contributed by atoms with Crippen LogP contribution in [0.5, 0.6) is 5.75 Å². The van der Waals surface area contributed by atoms with E-state index < -0.39 is 0 Å². The van der Waals surface area contributed by atoms with E-state index in [-0.39, 0.29) is 30.6 Å². The third kappa shape index (κ3) is 8.48. The lowest BCUT2D eigenvalue weighted by Gasteiger charge is -2.32. The molecule has 2 aromatic carbocycles. The molecule has 0 bridgehead atoms. The lowest BCUT2D eigenvalue weighted by atomic mass is 10.0. The minimum Gasteiger partial charge on any atom is -0.494 e. The van der Waals surface area contributed by atoms with Crippen LogP contribution in [0.15, 0.2) is 54.6 Å². The molecule has 1 heterocycles. The zero-order valence-corrected chi connectivity index (χ0v) is 17.1. The maximum atomic E-state index is 12.8. The van der Waals surface area contributed by atoms with E-state index in [4.69, 9.17) is 4.74 Å². The first-order valence-electron chi connectivity index (χ1n) is 9.17. The van der Waals surface area contributed by atoms with Gasteiger partial charge in [-0.15, -0.1) is 24.8 Å². The third-order valence-electron chi connectivity index (χ3n) is 4.73. The van der Waals surface area contributed by atoms with Gasteiger partial charge in [-0.2, -0.15) is 0 Å². The summed E-state index contributed by atoms with van der Waals surface area (Å²) in [6, 6.07) is 17.4. The number of benzene rings is 2. The fourth-order valence-electron chi connectivity index (χ4n) is 3.23. The van der Waals surface area contributed by atoms with E-state index >= 15 is 0 Å². The second-order valence-corrected chi connectivity index (χ2v) is 6.64. The van der Waals surface area contributed by atoms with Crippen molar-refractivity contribution in [3.63, 3.8) is 0 Å². The summed E-state index contributed by atoms with van der Waals surface area (Å²) in [7, 11) is 0. The van der Waals surface area contributed by atoms with Gasteiger partial charge in [-0.1, -0.05) is 30.3 Å². The minimum atomic E-state index is -0.226. The monoisotopic (exact) mass is 414 g/mol. The summed E-state index contributed by atoms with van der Waals surface area (Å²) in [5, 5.41) is 3.67. The maximum absolute atomic E-state index is 12.8. The molecule has 0 amide bonds. The van der Waals surface area contributed by atoms with Crippen LogP contribution in [-0.2, 0) is 6.54 Å². The molecule has 1 aliphatic heterocycles. The number of ether oxygens (including phenoxy) is 1. The average Bonchev–Trinajstić information content (AvgIpc) is 2.67. The Bertz CT molecular complexity index is 620. The molecule has 0 spiro atoms. The van der Waals surface area contributed by atoms with E-state index in [0.29, 0.717) is 12.6 Å². The minimum absolute atomic E-state index is 0. The molecule has 0 radical (unpaired) electrons. The zero-order chi connectivity index (χ0) is 17.3. The molecular weight excluding hydrogens is 386 g/mol. The van der Waals surface area contributed by atoms with Crippen molar-refractivity contribution in [1.82, 2.24) is 10.2 Å². The summed E-state index contributed by atoms with van der Waals surface area (Å²) in [6.07, 6.45) is 3.40. The molecule has 0 unspecified atom stereocenters. The summed E-state index contributed by atoms with van der Waals surface area (Å²) < 4.78 is 18.5. The van der Waals surface area contributed by atoms with Crippen LogP contribution >= 0.6 is 24.8 Å². The predicted molar refractivity (Wildman–Crippen MR) is 114 cm³/mol. The Morgan fingerprint density at radius 3 is 2.30 bits per heavy atom. The zero-order valence-electron chi connectivity index (χ0n) is 15.5. The van der Waals surface area contributed by atoms with Crippen LogP contribution in [0, 0.1) is 5.82 Å². The molecule has 0 saturated carbocycles. The van der Waals surface area contributed by atoms with Gasteiger partial charge in [0, 0.05) is 19.1 Å². The second-order valence-electron chi connectivity index (χ2n) is 6.64. The van der Waals surface area contributed by atoms with Crippen LogP contribution in [0.2, 0.25) is 0 Å². The van der Waals surface area contributed by atoms with Gasteiger partial charge in [0.1, 0.15) is 11.6 Å². The fourth-order valence-corrected chi connectivity index (χ4v) is 3.23. The van der Waals surface area contributed by atoms with E-state index in [1.807, 2.05) is 0 Å². The molecule has 1 N–H and O–H groups in total. The summed E-state index contributed by atoms with van der Waals surface area (Å²) in [5.41, 5.74) is 1.35. The van der Waals surface area contributed by atoms with Crippen LogP contribution in [-0.4, -0.2) is 37.2 Å². The van der Waals surface area contributed by atoms with Gasteiger partial charge < -0.3 is 15.0 Å². The number of hydrogen-bond donors (Lipinski definition) is 1. The number of nitrogens with zero attached hydrogens (tertiary/aromatic N) is 1. The van der Waals surface area contributed by atoms with E-state index in [1.54, 1.807) is 12.1 Å². The molecule has 3 rings (SSSR count). The Kier molecular flexibility index (Phi) is 11.4. The smallest absolute Gasteiger partial charge is 0.123 e. The summed E-state index contributed by atoms with van der Waals surface area (Å²) in [5.74, 6) is 0.515. The standard InChI is InChI=1S/C21H27FN2O.2ClH/c22-19-7-9-21(10-8-19)25-16-4-13-24-14-11-20(12-15-24)23-17-18-5-2-1-3-6-18;;/h1-3,5-10,20,23H,4,11-17H2;2*1H. The first-order chi connectivity index (χ1) is 12.3. The first kappa shape index (κ1) is 23.7. The van der Waals surface area contributed by atoms with Crippen LogP contribution in [0.4, 0.5) is 4.39 Å². The number of rotatable bonds is 8. The first-order valence-corrected chi connectivity index (χ1v) is 9.17. The maximum Gasteiger partial charge on any atom is 0.123 e. The van der Waals surface area contributed by atoms with Gasteiger partial charge in [-0.3, -0.25) is 0 Å². The summed E-state index contributed by atoms with van der Waals surface area (Å²) in [4.78, 5) is 2.51. The molecule has 0 atom stereocenters. The van der Waals surface area contributed by atoms with Gasteiger partial charge in [-0.05, 0) is 62.2 Å². The quantitative estimate of drug-likeness (QED) is 0.633. The molecular formula is C21H29Cl2FN2O. The van der Waals surface area contributed by atoms with Crippen molar-refractivity contribution in [1.29, 1.82) is 0 Å². The van der Waals surface area contributed by atoms with Gasteiger partial charge >= 0.3 is 0 Å². The highest BCUT2D eigenvalue weighted by Gasteiger charge is 2.18. The highest BCUT2D eigenvalue weighted by molar-refractivity contribution is 5.85. The van der Waals surface area contributed by atoms with E-state index in [0.717, 1.165) is 38.3 Å². The lowest BCUT2D eigenvalue weighted by Crippen LogP contribution is -2.42. The normalized spacial score (nSPS) is 14.9. The van der Waals surface area contributed by atoms with Gasteiger partial charge in [0.25, 0.3) is 0 Å². The Morgan fingerprint density at radius 2 is 1.63 bits per heavy atom. The Labute approximate surface area is 174 Å². The van der Waals surface area contributed by atoms with Gasteiger partial charge in [0.15, 0.2) is 0 Å². The van der Waals surface area contributed by atoms with Crippen LogP contribution in [0.25, 0.3) is 0 Å². The molecule has 3 nitrogen and oxygen atoms in total. The van der Waals surface area contributed by atoms with Gasteiger partial charge in [0.05, 0.1) is 6.61 Å². The second kappa shape index (κ2) is 12.9. The molecule has 0 aromatic heterocycles. The molecule has 6 heteroatoms. The largest absolute Gasteiger partial charge is 0.494 e. The SMILES string of the molecule is Cl.Cl.Fc1ccc(OCCCN2CCC(NCc3ccccc3)CC2)cc1. The van der Waals surface area contributed by atoms with Gasteiger partial charge in [-0.25, -0.2) is 4.39 Å². The molecule has 0 aliphatic carbocycles. The Balaban J connectivity index is 0.00000182. The highest BCUT2D eigenvalue weighted by atomic mass is 35.5. The number of nitrogens with one attached hydrogen (secondary N) is 1. The lowest BCUT2D eigenvalue weighted by molar-refractivity contribution is 0.181. The topological polar surface area (TPSA) is 24.5 Å². The van der Waals surface area contributed by atoms with Crippen molar-refractivity contribution in [2.75, 3.05) is 26.2 Å². The summed E-state index contributed by atoms with van der Waals surface area (Å²) in [6.45, 7) is 4.98. The molecule has 150 valence electrons. The van der Waals surface area contributed by atoms with Crippen molar-refractivity contribution >= 4 is 24.8 Å².